The van der Waals surface area contributed by atoms with E-state index < -0.39 is 0 Å². The largest absolute Gasteiger partial charge is 0.306 e. The average Bonchev–Trinajstić information content (AvgIpc) is 2.81. The van der Waals surface area contributed by atoms with Crippen molar-refractivity contribution in [3.63, 3.8) is 0 Å². The van der Waals surface area contributed by atoms with Crippen LogP contribution in [0.4, 0.5) is 0 Å². The van der Waals surface area contributed by atoms with Crippen LogP contribution in [0.3, 0.4) is 0 Å². The summed E-state index contributed by atoms with van der Waals surface area (Å²) in [5.74, 6) is 0. The van der Waals surface area contributed by atoms with Crippen LogP contribution in [0.2, 0.25) is 5.02 Å². The van der Waals surface area contributed by atoms with Crippen LogP contribution in [0.15, 0.2) is 35.0 Å². The van der Waals surface area contributed by atoms with Crippen LogP contribution >= 0.6 is 22.9 Å². The highest BCUT2D eigenvalue weighted by molar-refractivity contribution is 7.07. The molecule has 3 heteroatoms. The van der Waals surface area contributed by atoms with E-state index in [9.17, 15) is 0 Å². The predicted octanol–water partition coefficient (Wildman–Crippen LogP) is 4.56. The van der Waals surface area contributed by atoms with Gasteiger partial charge in [0, 0.05) is 17.6 Å². The third-order valence-corrected chi connectivity index (χ3v) is 3.88. The van der Waals surface area contributed by atoms with Crippen molar-refractivity contribution in [2.24, 2.45) is 0 Å². The van der Waals surface area contributed by atoms with E-state index in [1.54, 1.807) is 11.3 Å². The standard InChI is InChI=1S/C14H16ClNS/c1-10-7-14(15)4-3-12(10)8-16-11(2)13-5-6-17-9-13/h3-7,9,11,16H,8H2,1-2H3. The molecule has 0 spiro atoms. The molecule has 1 heterocycles. The van der Waals surface area contributed by atoms with Gasteiger partial charge in [-0.2, -0.15) is 11.3 Å². The Hall–Kier alpha value is -0.830. The Morgan fingerprint density at radius 1 is 1.35 bits per heavy atom. The fraction of sp³-hybridized carbons (Fsp3) is 0.286. The molecule has 17 heavy (non-hydrogen) atoms. The molecule has 0 aliphatic carbocycles. The fourth-order valence-electron chi connectivity index (χ4n) is 1.76. The van der Waals surface area contributed by atoms with Gasteiger partial charge in [-0.1, -0.05) is 17.7 Å². The third-order valence-electron chi connectivity index (χ3n) is 2.95. The molecule has 0 fully saturated rings. The van der Waals surface area contributed by atoms with Crippen molar-refractivity contribution in [3.05, 3.63) is 56.7 Å². The van der Waals surface area contributed by atoms with Gasteiger partial charge in [0.15, 0.2) is 0 Å². The van der Waals surface area contributed by atoms with Crippen molar-refractivity contribution in [1.82, 2.24) is 5.32 Å². The molecule has 0 saturated heterocycles. The molecule has 0 amide bonds. The zero-order valence-corrected chi connectivity index (χ0v) is 11.6. The summed E-state index contributed by atoms with van der Waals surface area (Å²) in [6, 6.07) is 8.59. The van der Waals surface area contributed by atoms with Gasteiger partial charge in [0.25, 0.3) is 0 Å². The van der Waals surface area contributed by atoms with Crippen LogP contribution in [-0.4, -0.2) is 0 Å². The topological polar surface area (TPSA) is 12.0 Å². The predicted molar refractivity (Wildman–Crippen MR) is 75.8 cm³/mol. The summed E-state index contributed by atoms with van der Waals surface area (Å²) in [5, 5.41) is 8.63. The Labute approximate surface area is 111 Å². The van der Waals surface area contributed by atoms with Gasteiger partial charge in [-0.05, 0) is 59.5 Å². The molecule has 0 radical (unpaired) electrons. The first-order valence-corrected chi connectivity index (χ1v) is 6.99. The number of nitrogens with one attached hydrogen (secondary N) is 1. The number of halogens is 1. The Balaban J connectivity index is 1.98. The Morgan fingerprint density at radius 2 is 2.18 bits per heavy atom. The highest BCUT2D eigenvalue weighted by atomic mass is 35.5. The van der Waals surface area contributed by atoms with E-state index in [4.69, 9.17) is 11.6 Å². The van der Waals surface area contributed by atoms with Gasteiger partial charge in [-0.15, -0.1) is 0 Å². The van der Waals surface area contributed by atoms with Crippen molar-refractivity contribution in [2.45, 2.75) is 26.4 Å². The lowest BCUT2D eigenvalue weighted by molar-refractivity contribution is 0.575. The van der Waals surface area contributed by atoms with Crippen molar-refractivity contribution >= 4 is 22.9 Å². The summed E-state index contributed by atoms with van der Waals surface area (Å²) < 4.78 is 0. The first-order chi connectivity index (χ1) is 8.16. The Kier molecular flexibility index (Phi) is 4.21. The van der Waals surface area contributed by atoms with Gasteiger partial charge < -0.3 is 5.32 Å². The van der Waals surface area contributed by atoms with Gasteiger partial charge in [-0.3, -0.25) is 0 Å². The molecule has 2 aromatic rings. The maximum Gasteiger partial charge on any atom is 0.0408 e. The minimum absolute atomic E-state index is 0.385. The maximum atomic E-state index is 5.94. The molecule has 0 saturated carbocycles. The van der Waals surface area contributed by atoms with Crippen molar-refractivity contribution in [2.75, 3.05) is 0 Å². The number of thiophene rings is 1. The minimum atomic E-state index is 0.385. The van der Waals surface area contributed by atoms with E-state index in [0.29, 0.717) is 6.04 Å². The quantitative estimate of drug-likeness (QED) is 0.855. The second kappa shape index (κ2) is 5.67. The third kappa shape index (κ3) is 3.32. The molecule has 1 aromatic carbocycles. The monoisotopic (exact) mass is 265 g/mol. The molecular weight excluding hydrogens is 250 g/mol. The Morgan fingerprint density at radius 3 is 2.82 bits per heavy atom. The summed E-state index contributed by atoms with van der Waals surface area (Å²) in [6.45, 7) is 5.16. The highest BCUT2D eigenvalue weighted by Crippen LogP contribution is 2.18. The lowest BCUT2D eigenvalue weighted by Gasteiger charge is -2.14. The Bertz CT molecular complexity index is 479. The van der Waals surface area contributed by atoms with Crippen LogP contribution in [0.25, 0.3) is 0 Å². The average molecular weight is 266 g/mol. The minimum Gasteiger partial charge on any atom is -0.306 e. The lowest BCUT2D eigenvalue weighted by atomic mass is 10.1. The van der Waals surface area contributed by atoms with Gasteiger partial charge in [-0.25, -0.2) is 0 Å². The summed E-state index contributed by atoms with van der Waals surface area (Å²) in [6.07, 6.45) is 0. The zero-order chi connectivity index (χ0) is 12.3. The first kappa shape index (κ1) is 12.6. The molecule has 90 valence electrons. The van der Waals surface area contributed by atoms with E-state index in [0.717, 1.165) is 11.6 Å². The molecule has 0 aliphatic heterocycles. The summed E-state index contributed by atoms with van der Waals surface area (Å²) >= 11 is 7.68. The number of hydrogen-bond acceptors (Lipinski definition) is 2. The highest BCUT2D eigenvalue weighted by Gasteiger charge is 2.06. The molecule has 1 atom stereocenters. The molecule has 0 bridgehead atoms. The zero-order valence-electron chi connectivity index (χ0n) is 10.0. The van der Waals surface area contributed by atoms with Crippen LogP contribution in [0, 0.1) is 6.92 Å². The second-order valence-electron chi connectivity index (χ2n) is 4.23. The fourth-order valence-corrected chi connectivity index (χ4v) is 2.74. The van der Waals surface area contributed by atoms with E-state index in [1.807, 2.05) is 12.1 Å². The SMILES string of the molecule is Cc1cc(Cl)ccc1CNC(C)c1ccsc1. The van der Waals surface area contributed by atoms with E-state index in [-0.39, 0.29) is 0 Å². The van der Waals surface area contributed by atoms with Gasteiger partial charge >= 0.3 is 0 Å². The van der Waals surface area contributed by atoms with Crippen molar-refractivity contribution < 1.29 is 0 Å². The summed E-state index contributed by atoms with van der Waals surface area (Å²) in [4.78, 5) is 0. The van der Waals surface area contributed by atoms with Crippen LogP contribution in [-0.2, 0) is 6.54 Å². The first-order valence-electron chi connectivity index (χ1n) is 5.67. The number of aryl methyl sites for hydroxylation is 1. The van der Waals surface area contributed by atoms with E-state index >= 15 is 0 Å². The van der Waals surface area contributed by atoms with Crippen LogP contribution in [0.1, 0.15) is 29.7 Å². The van der Waals surface area contributed by atoms with Crippen LogP contribution < -0.4 is 5.32 Å². The molecular formula is C14H16ClNS. The number of benzene rings is 1. The summed E-state index contributed by atoms with van der Waals surface area (Å²) in [7, 11) is 0. The van der Waals surface area contributed by atoms with Gasteiger partial charge in [0.05, 0.1) is 0 Å². The van der Waals surface area contributed by atoms with Crippen LogP contribution in [0.5, 0.6) is 0 Å². The maximum absolute atomic E-state index is 5.94. The van der Waals surface area contributed by atoms with Gasteiger partial charge in [0.1, 0.15) is 0 Å². The van der Waals surface area contributed by atoms with E-state index in [1.165, 1.54) is 16.7 Å². The summed E-state index contributed by atoms with van der Waals surface area (Å²) in [5.41, 5.74) is 3.89. The lowest BCUT2D eigenvalue weighted by Crippen LogP contribution is -2.18. The molecule has 1 N–H and O–H groups in total. The molecule has 2 rings (SSSR count). The van der Waals surface area contributed by atoms with E-state index in [2.05, 4.69) is 42.1 Å². The molecule has 0 aliphatic rings. The molecule has 1 unspecified atom stereocenters. The number of hydrogen-bond donors (Lipinski definition) is 1. The molecule has 1 nitrogen and oxygen atoms in total. The normalized spacial score (nSPS) is 12.6. The smallest absolute Gasteiger partial charge is 0.0408 e. The molecule has 1 aromatic heterocycles. The van der Waals surface area contributed by atoms with Crippen molar-refractivity contribution in [1.29, 1.82) is 0 Å². The van der Waals surface area contributed by atoms with Crippen molar-refractivity contribution in [3.8, 4) is 0 Å². The van der Waals surface area contributed by atoms with Gasteiger partial charge in [0.2, 0.25) is 0 Å². The second-order valence-corrected chi connectivity index (χ2v) is 5.45. The number of rotatable bonds is 4.